The van der Waals surface area contributed by atoms with Crippen LogP contribution < -0.4 is 5.73 Å². The van der Waals surface area contributed by atoms with E-state index in [4.69, 9.17) is 5.73 Å². The van der Waals surface area contributed by atoms with Crippen molar-refractivity contribution < 1.29 is 4.79 Å². The molecule has 0 aliphatic heterocycles. The number of fused-ring (bicyclic) bond motifs is 1. The number of nitrogens with two attached hydrogens (primary N) is 1. The van der Waals surface area contributed by atoms with Crippen molar-refractivity contribution in [2.24, 2.45) is 17.6 Å². The van der Waals surface area contributed by atoms with Crippen LogP contribution in [0.1, 0.15) is 37.7 Å². The summed E-state index contributed by atoms with van der Waals surface area (Å²) in [5, 5.41) is 2.49. The van der Waals surface area contributed by atoms with E-state index in [1.54, 1.807) is 0 Å². The molecule has 3 rings (SSSR count). The van der Waals surface area contributed by atoms with Gasteiger partial charge in [0.25, 0.3) is 0 Å². The van der Waals surface area contributed by atoms with Crippen LogP contribution in [0.15, 0.2) is 42.5 Å². The van der Waals surface area contributed by atoms with Gasteiger partial charge in [0, 0.05) is 5.92 Å². The van der Waals surface area contributed by atoms with Gasteiger partial charge in [-0.2, -0.15) is 0 Å². The zero-order valence-electron chi connectivity index (χ0n) is 12.4. The van der Waals surface area contributed by atoms with Crippen LogP contribution in [0.2, 0.25) is 0 Å². The van der Waals surface area contributed by atoms with Gasteiger partial charge in [0.05, 0.1) is 0 Å². The molecule has 1 amide bonds. The summed E-state index contributed by atoms with van der Waals surface area (Å²) in [5.74, 6) is 0.321. The largest absolute Gasteiger partial charge is 0.369 e. The van der Waals surface area contributed by atoms with Crippen LogP contribution >= 0.6 is 0 Å². The minimum Gasteiger partial charge on any atom is -0.369 e. The third-order valence-corrected chi connectivity index (χ3v) is 4.90. The van der Waals surface area contributed by atoms with Crippen molar-refractivity contribution in [1.29, 1.82) is 0 Å². The van der Waals surface area contributed by atoms with Crippen molar-refractivity contribution in [2.45, 2.75) is 38.5 Å². The van der Waals surface area contributed by atoms with E-state index in [-0.39, 0.29) is 11.8 Å². The summed E-state index contributed by atoms with van der Waals surface area (Å²) in [5.41, 5.74) is 6.97. The summed E-state index contributed by atoms with van der Waals surface area (Å²) in [6.45, 7) is 0. The van der Waals surface area contributed by atoms with E-state index in [9.17, 15) is 4.79 Å². The van der Waals surface area contributed by atoms with Crippen LogP contribution in [0.5, 0.6) is 0 Å². The van der Waals surface area contributed by atoms with Gasteiger partial charge >= 0.3 is 0 Å². The van der Waals surface area contributed by atoms with Crippen molar-refractivity contribution in [3.63, 3.8) is 0 Å². The van der Waals surface area contributed by atoms with E-state index >= 15 is 0 Å². The molecule has 2 heteroatoms. The van der Waals surface area contributed by atoms with Gasteiger partial charge in [-0.1, -0.05) is 61.7 Å². The van der Waals surface area contributed by atoms with Crippen LogP contribution in [0.3, 0.4) is 0 Å². The van der Waals surface area contributed by atoms with E-state index in [2.05, 4.69) is 42.5 Å². The molecule has 2 nitrogen and oxygen atoms in total. The molecule has 1 aliphatic rings. The second kappa shape index (κ2) is 6.30. The van der Waals surface area contributed by atoms with E-state index in [1.165, 1.54) is 35.6 Å². The first-order chi connectivity index (χ1) is 10.3. The van der Waals surface area contributed by atoms with Crippen LogP contribution in [0.25, 0.3) is 10.8 Å². The fraction of sp³-hybridized carbons (Fsp3) is 0.421. The number of amides is 1. The first-order valence-electron chi connectivity index (χ1n) is 8.01. The number of rotatable bonds is 4. The Hall–Kier alpha value is -1.83. The lowest BCUT2D eigenvalue weighted by Crippen LogP contribution is -2.33. The summed E-state index contributed by atoms with van der Waals surface area (Å²) in [6, 6.07) is 14.7. The standard InChI is InChI=1S/C19H23NO/c20-19(21)18(15-7-2-1-3-8-15)13-16-11-6-10-14-9-4-5-12-17(14)16/h4-6,9-12,15,18H,1-3,7-8,13H2,(H2,20,21). The summed E-state index contributed by atoms with van der Waals surface area (Å²) in [7, 11) is 0. The van der Waals surface area contributed by atoms with Gasteiger partial charge in [-0.25, -0.2) is 0 Å². The zero-order valence-corrected chi connectivity index (χ0v) is 12.4. The van der Waals surface area contributed by atoms with E-state index in [0.717, 1.165) is 19.3 Å². The second-order valence-electron chi connectivity index (χ2n) is 6.25. The molecule has 1 unspecified atom stereocenters. The maximum absolute atomic E-state index is 12.0. The highest BCUT2D eigenvalue weighted by molar-refractivity contribution is 5.86. The van der Waals surface area contributed by atoms with Crippen molar-refractivity contribution in [3.8, 4) is 0 Å². The molecule has 1 fully saturated rings. The summed E-state index contributed by atoms with van der Waals surface area (Å²) in [4.78, 5) is 12.0. The molecule has 0 aromatic heterocycles. The summed E-state index contributed by atoms with van der Waals surface area (Å²) in [6.07, 6.45) is 6.86. The van der Waals surface area contributed by atoms with Crippen molar-refractivity contribution >= 4 is 16.7 Å². The smallest absolute Gasteiger partial charge is 0.221 e. The third-order valence-electron chi connectivity index (χ3n) is 4.90. The predicted octanol–water partition coefficient (Wildman–Crippen LogP) is 4.06. The fourth-order valence-corrected chi connectivity index (χ4v) is 3.74. The first-order valence-corrected chi connectivity index (χ1v) is 8.01. The number of hydrogen-bond donors (Lipinski definition) is 1. The van der Waals surface area contributed by atoms with E-state index in [0.29, 0.717) is 5.92 Å². The SMILES string of the molecule is NC(=O)C(Cc1cccc2ccccc12)C1CCCCC1. The molecule has 1 atom stereocenters. The number of benzene rings is 2. The highest BCUT2D eigenvalue weighted by Gasteiger charge is 2.28. The Balaban J connectivity index is 1.89. The van der Waals surface area contributed by atoms with Gasteiger partial charge < -0.3 is 5.73 Å². The zero-order chi connectivity index (χ0) is 14.7. The highest BCUT2D eigenvalue weighted by Crippen LogP contribution is 2.33. The monoisotopic (exact) mass is 281 g/mol. The molecule has 1 saturated carbocycles. The lowest BCUT2D eigenvalue weighted by molar-refractivity contribution is -0.123. The molecular weight excluding hydrogens is 258 g/mol. The Morgan fingerprint density at radius 3 is 2.52 bits per heavy atom. The molecule has 110 valence electrons. The highest BCUT2D eigenvalue weighted by atomic mass is 16.1. The molecule has 0 radical (unpaired) electrons. The van der Waals surface area contributed by atoms with Gasteiger partial charge in [-0.3, -0.25) is 4.79 Å². The van der Waals surface area contributed by atoms with Crippen LogP contribution in [-0.2, 0) is 11.2 Å². The molecule has 0 spiro atoms. The summed E-state index contributed by atoms with van der Waals surface area (Å²) >= 11 is 0. The van der Waals surface area contributed by atoms with E-state index in [1.807, 2.05) is 0 Å². The molecule has 1 aliphatic carbocycles. The Bertz CT molecular complexity index is 623. The predicted molar refractivity (Wildman–Crippen MR) is 86.9 cm³/mol. The summed E-state index contributed by atoms with van der Waals surface area (Å²) < 4.78 is 0. The van der Waals surface area contributed by atoms with Crippen molar-refractivity contribution in [3.05, 3.63) is 48.0 Å². The van der Waals surface area contributed by atoms with E-state index < -0.39 is 0 Å². The maximum atomic E-state index is 12.0. The topological polar surface area (TPSA) is 43.1 Å². The minimum atomic E-state index is -0.130. The Labute approximate surface area is 126 Å². The molecule has 2 aromatic carbocycles. The molecule has 0 bridgehead atoms. The number of carbonyl (C=O) groups is 1. The lowest BCUT2D eigenvalue weighted by atomic mass is 9.76. The molecule has 0 saturated heterocycles. The lowest BCUT2D eigenvalue weighted by Gasteiger charge is -2.28. The average molecular weight is 281 g/mol. The van der Waals surface area contributed by atoms with Gasteiger partial charge in [0.15, 0.2) is 0 Å². The first kappa shape index (κ1) is 14.1. The van der Waals surface area contributed by atoms with Crippen molar-refractivity contribution in [2.75, 3.05) is 0 Å². The van der Waals surface area contributed by atoms with Crippen molar-refractivity contribution in [1.82, 2.24) is 0 Å². The Morgan fingerprint density at radius 2 is 1.76 bits per heavy atom. The number of hydrogen-bond acceptors (Lipinski definition) is 1. The average Bonchev–Trinajstić information content (AvgIpc) is 2.53. The fourth-order valence-electron chi connectivity index (χ4n) is 3.74. The molecule has 2 aromatic rings. The maximum Gasteiger partial charge on any atom is 0.221 e. The minimum absolute atomic E-state index is 0.0175. The van der Waals surface area contributed by atoms with Gasteiger partial charge in [-0.05, 0) is 41.5 Å². The third kappa shape index (κ3) is 3.10. The van der Waals surface area contributed by atoms with Crippen LogP contribution in [0, 0.1) is 11.8 Å². The van der Waals surface area contributed by atoms with Gasteiger partial charge in [0.1, 0.15) is 0 Å². The number of primary amides is 1. The molecule has 2 N–H and O–H groups in total. The quantitative estimate of drug-likeness (QED) is 0.902. The van der Waals surface area contributed by atoms with Gasteiger partial charge in [0.2, 0.25) is 5.91 Å². The van der Waals surface area contributed by atoms with Crippen LogP contribution in [0.4, 0.5) is 0 Å². The second-order valence-corrected chi connectivity index (χ2v) is 6.25. The van der Waals surface area contributed by atoms with Gasteiger partial charge in [-0.15, -0.1) is 0 Å². The Kier molecular flexibility index (Phi) is 4.23. The Morgan fingerprint density at radius 1 is 1.05 bits per heavy atom. The molecular formula is C19H23NO. The normalized spacial score (nSPS) is 17.7. The van der Waals surface area contributed by atoms with Crippen LogP contribution in [-0.4, -0.2) is 5.91 Å². The molecule has 21 heavy (non-hydrogen) atoms. The number of carbonyl (C=O) groups excluding carboxylic acids is 1. The molecule has 0 heterocycles.